The highest BCUT2D eigenvalue weighted by Crippen LogP contribution is 2.59. The molecule has 2 atom stereocenters. The van der Waals surface area contributed by atoms with Gasteiger partial charge in [-0.25, -0.2) is 0 Å². The van der Waals surface area contributed by atoms with Gasteiger partial charge in [0.1, 0.15) is 6.29 Å². The largest absolute Gasteiger partial charge is 0.385 e. The third kappa shape index (κ3) is 1.87. The van der Waals surface area contributed by atoms with Crippen LogP contribution in [0.4, 0.5) is 0 Å². The molecule has 18 heavy (non-hydrogen) atoms. The van der Waals surface area contributed by atoms with Crippen LogP contribution < -0.4 is 0 Å². The molecule has 0 amide bonds. The first-order valence-corrected chi connectivity index (χ1v) is 6.84. The first-order valence-electron chi connectivity index (χ1n) is 6.84. The van der Waals surface area contributed by atoms with Gasteiger partial charge in [0.25, 0.3) is 0 Å². The van der Waals surface area contributed by atoms with Crippen molar-refractivity contribution < 1.29 is 9.90 Å². The number of carbonyl (C=O) groups excluding carboxylic acids is 1. The zero-order chi connectivity index (χ0) is 13.6. The molecule has 0 aliphatic heterocycles. The maximum Gasteiger partial charge on any atom is 0.142 e. The molecule has 100 valence electrons. The number of rotatable bonds is 1. The second kappa shape index (κ2) is 4.06. The second-order valence-corrected chi connectivity index (χ2v) is 6.88. The van der Waals surface area contributed by atoms with E-state index >= 15 is 0 Å². The number of fused-ring (bicyclic) bond motifs is 1. The average Bonchev–Trinajstić information content (AvgIpc) is 2.22. The van der Waals surface area contributed by atoms with Crippen molar-refractivity contribution in [2.45, 2.75) is 59.0 Å². The van der Waals surface area contributed by atoms with E-state index in [2.05, 4.69) is 26.8 Å². The summed E-state index contributed by atoms with van der Waals surface area (Å²) in [5.74, 6) is 0. The molecule has 2 rings (SSSR count). The van der Waals surface area contributed by atoms with Gasteiger partial charge in [-0.1, -0.05) is 38.8 Å². The van der Waals surface area contributed by atoms with E-state index < -0.39 is 5.60 Å². The minimum atomic E-state index is -0.882. The van der Waals surface area contributed by atoms with Crippen molar-refractivity contribution in [3.05, 3.63) is 23.3 Å². The summed E-state index contributed by atoms with van der Waals surface area (Å²) >= 11 is 0. The highest BCUT2D eigenvalue weighted by atomic mass is 16.3. The van der Waals surface area contributed by atoms with Gasteiger partial charge in [-0.3, -0.25) is 4.79 Å². The Morgan fingerprint density at radius 1 is 1.22 bits per heavy atom. The van der Waals surface area contributed by atoms with Crippen LogP contribution in [0.15, 0.2) is 23.3 Å². The van der Waals surface area contributed by atoms with Gasteiger partial charge in [0, 0.05) is 5.41 Å². The number of aliphatic hydroxyl groups is 1. The van der Waals surface area contributed by atoms with E-state index in [1.807, 2.05) is 6.92 Å². The molecule has 0 bridgehead atoms. The monoisotopic (exact) mass is 248 g/mol. The molecular formula is C16H24O2. The van der Waals surface area contributed by atoms with Crippen LogP contribution in [0.1, 0.15) is 53.4 Å². The van der Waals surface area contributed by atoms with Gasteiger partial charge in [0.2, 0.25) is 0 Å². The van der Waals surface area contributed by atoms with Gasteiger partial charge in [0.15, 0.2) is 0 Å². The van der Waals surface area contributed by atoms with Crippen molar-refractivity contribution in [1.82, 2.24) is 0 Å². The Bertz CT molecular complexity index is 426. The number of hydrogen-bond acceptors (Lipinski definition) is 2. The Hall–Kier alpha value is -0.890. The number of carbonyl (C=O) groups is 1. The minimum Gasteiger partial charge on any atom is -0.385 e. The normalized spacial score (nSPS) is 41.2. The predicted octanol–water partition coefficient (Wildman–Crippen LogP) is 3.41. The standard InChI is InChI=1S/C16H24O2/c1-14(2)8-5-9-15(3)12(14)6-10-16(4,18)13(15)7-11-17/h6-7,11,18H,5,8-10H2,1-4H3/b13-7-/t15-,16+/m0/s1. The Morgan fingerprint density at radius 3 is 2.50 bits per heavy atom. The molecule has 0 heterocycles. The number of hydrogen-bond donors (Lipinski definition) is 1. The molecule has 0 aromatic heterocycles. The van der Waals surface area contributed by atoms with Crippen molar-refractivity contribution in [1.29, 1.82) is 0 Å². The molecule has 2 aliphatic carbocycles. The Kier molecular flexibility index (Phi) is 3.05. The molecule has 0 spiro atoms. The van der Waals surface area contributed by atoms with E-state index in [1.54, 1.807) is 6.08 Å². The van der Waals surface area contributed by atoms with E-state index in [0.29, 0.717) is 6.42 Å². The molecule has 0 aromatic carbocycles. The fraction of sp³-hybridized carbons (Fsp3) is 0.688. The molecule has 2 nitrogen and oxygen atoms in total. The van der Waals surface area contributed by atoms with Gasteiger partial charge in [-0.2, -0.15) is 0 Å². The molecular weight excluding hydrogens is 224 g/mol. The van der Waals surface area contributed by atoms with E-state index in [0.717, 1.165) is 24.7 Å². The summed E-state index contributed by atoms with van der Waals surface area (Å²) in [4.78, 5) is 10.9. The van der Waals surface area contributed by atoms with Gasteiger partial charge in [-0.05, 0) is 43.3 Å². The lowest BCUT2D eigenvalue weighted by Gasteiger charge is -2.53. The first kappa shape index (κ1) is 13.5. The SMILES string of the molecule is CC1(C)CCC[C@@]2(C)C1=CC[C@@](C)(O)/C2=C\C=O. The van der Waals surface area contributed by atoms with Crippen LogP contribution in [0.5, 0.6) is 0 Å². The van der Waals surface area contributed by atoms with Crippen LogP contribution in [0.3, 0.4) is 0 Å². The third-order valence-corrected chi connectivity index (χ3v) is 4.92. The lowest BCUT2D eigenvalue weighted by Crippen LogP contribution is -2.46. The average molecular weight is 248 g/mol. The van der Waals surface area contributed by atoms with E-state index in [4.69, 9.17) is 0 Å². The van der Waals surface area contributed by atoms with Crippen molar-refractivity contribution in [2.24, 2.45) is 10.8 Å². The topological polar surface area (TPSA) is 37.3 Å². The molecule has 2 aliphatic rings. The summed E-state index contributed by atoms with van der Waals surface area (Å²) in [6.45, 7) is 8.55. The Balaban J connectivity index is 2.59. The van der Waals surface area contributed by atoms with Crippen LogP contribution in [-0.4, -0.2) is 17.0 Å². The summed E-state index contributed by atoms with van der Waals surface area (Å²) in [6, 6.07) is 0. The smallest absolute Gasteiger partial charge is 0.142 e. The van der Waals surface area contributed by atoms with Crippen molar-refractivity contribution >= 4 is 6.29 Å². The van der Waals surface area contributed by atoms with Gasteiger partial charge >= 0.3 is 0 Å². The maximum atomic E-state index is 10.9. The summed E-state index contributed by atoms with van der Waals surface area (Å²) in [6.07, 6.45) is 8.59. The molecule has 1 saturated carbocycles. The molecule has 0 saturated heterocycles. The lowest BCUT2D eigenvalue weighted by atomic mass is 9.52. The number of allylic oxidation sites excluding steroid dienone is 2. The van der Waals surface area contributed by atoms with Crippen LogP contribution in [0.25, 0.3) is 0 Å². The fourth-order valence-corrected chi connectivity index (χ4v) is 4.12. The summed E-state index contributed by atoms with van der Waals surface area (Å²) < 4.78 is 0. The Morgan fingerprint density at radius 2 is 1.89 bits per heavy atom. The van der Waals surface area contributed by atoms with E-state index in [9.17, 15) is 9.90 Å². The predicted molar refractivity (Wildman–Crippen MR) is 73.2 cm³/mol. The summed E-state index contributed by atoms with van der Waals surface area (Å²) in [5.41, 5.74) is 1.44. The third-order valence-electron chi connectivity index (χ3n) is 4.92. The first-order chi connectivity index (χ1) is 8.24. The van der Waals surface area contributed by atoms with E-state index in [-0.39, 0.29) is 10.8 Å². The number of aldehydes is 1. The molecule has 0 unspecified atom stereocenters. The molecule has 1 fully saturated rings. The second-order valence-electron chi connectivity index (χ2n) is 6.88. The minimum absolute atomic E-state index is 0.148. The van der Waals surface area contributed by atoms with Gasteiger partial charge in [-0.15, -0.1) is 0 Å². The molecule has 1 N–H and O–H groups in total. The van der Waals surface area contributed by atoms with Gasteiger partial charge in [0.05, 0.1) is 5.60 Å². The zero-order valence-corrected chi connectivity index (χ0v) is 11.9. The van der Waals surface area contributed by atoms with Gasteiger partial charge < -0.3 is 5.11 Å². The Labute approximate surface area is 110 Å². The highest BCUT2D eigenvalue weighted by molar-refractivity contribution is 5.68. The zero-order valence-electron chi connectivity index (χ0n) is 11.9. The van der Waals surface area contributed by atoms with Crippen LogP contribution >= 0.6 is 0 Å². The van der Waals surface area contributed by atoms with Crippen molar-refractivity contribution in [3.8, 4) is 0 Å². The van der Waals surface area contributed by atoms with Crippen molar-refractivity contribution in [3.63, 3.8) is 0 Å². The maximum absolute atomic E-state index is 10.9. The summed E-state index contributed by atoms with van der Waals surface area (Å²) in [5, 5.41) is 10.6. The molecule has 2 heteroatoms. The summed E-state index contributed by atoms with van der Waals surface area (Å²) in [7, 11) is 0. The molecule has 0 radical (unpaired) electrons. The highest BCUT2D eigenvalue weighted by Gasteiger charge is 2.50. The molecule has 0 aromatic rings. The van der Waals surface area contributed by atoms with Crippen molar-refractivity contribution in [2.75, 3.05) is 0 Å². The van der Waals surface area contributed by atoms with Crippen LogP contribution in [0.2, 0.25) is 0 Å². The van der Waals surface area contributed by atoms with E-state index in [1.165, 1.54) is 12.0 Å². The fourth-order valence-electron chi connectivity index (χ4n) is 4.12. The lowest BCUT2D eigenvalue weighted by molar-refractivity contribution is -0.104. The van der Waals surface area contributed by atoms with Crippen LogP contribution in [0, 0.1) is 10.8 Å². The van der Waals surface area contributed by atoms with Crippen LogP contribution in [-0.2, 0) is 4.79 Å². The quantitative estimate of drug-likeness (QED) is 0.438.